The van der Waals surface area contributed by atoms with Crippen molar-refractivity contribution in [3.8, 4) is 11.5 Å². The second-order valence-corrected chi connectivity index (χ2v) is 2.50. The summed E-state index contributed by atoms with van der Waals surface area (Å²) in [6, 6.07) is 5.27. The zero-order valence-corrected chi connectivity index (χ0v) is 9.52. The van der Waals surface area contributed by atoms with Gasteiger partial charge in [-0.25, -0.2) is 0 Å². The van der Waals surface area contributed by atoms with Crippen molar-refractivity contribution < 1.29 is 31.7 Å². The van der Waals surface area contributed by atoms with E-state index in [1.54, 1.807) is 12.1 Å². The first kappa shape index (κ1) is 16.2. The Bertz CT molecular complexity index is 300. The fraction of sp³-hybridized carbons (Fsp3) is 0.182. The van der Waals surface area contributed by atoms with Crippen molar-refractivity contribution in [1.82, 2.24) is 0 Å². The SMILES string of the molecule is C=CCc1ccc(O)c(OC)c1.[CH-]=O.[Fe]. The van der Waals surface area contributed by atoms with Crippen molar-refractivity contribution in [2.24, 2.45) is 0 Å². The van der Waals surface area contributed by atoms with Gasteiger partial charge in [0.1, 0.15) is 0 Å². The van der Waals surface area contributed by atoms with Gasteiger partial charge in [0.2, 0.25) is 0 Å². The van der Waals surface area contributed by atoms with Crippen LogP contribution in [0.4, 0.5) is 0 Å². The Morgan fingerprint density at radius 1 is 1.53 bits per heavy atom. The molecule has 0 aromatic heterocycles. The van der Waals surface area contributed by atoms with Crippen LogP contribution in [-0.2, 0) is 28.3 Å². The summed E-state index contributed by atoms with van der Waals surface area (Å²) in [6.07, 6.45) is 2.60. The number of benzene rings is 1. The fourth-order valence-corrected chi connectivity index (χ4v) is 1.02. The summed E-state index contributed by atoms with van der Waals surface area (Å²) in [7, 11) is 1.53. The van der Waals surface area contributed by atoms with Crippen LogP contribution in [0.1, 0.15) is 5.56 Å². The number of phenolic OH excluding ortho intramolecular Hbond substituents is 1. The van der Waals surface area contributed by atoms with E-state index in [1.807, 2.05) is 12.1 Å². The fourth-order valence-electron chi connectivity index (χ4n) is 1.02. The molecule has 0 aliphatic rings. The summed E-state index contributed by atoms with van der Waals surface area (Å²) in [5, 5.41) is 9.25. The van der Waals surface area contributed by atoms with Crippen LogP contribution in [-0.4, -0.2) is 19.0 Å². The molecule has 0 saturated heterocycles. The Morgan fingerprint density at radius 3 is 2.60 bits per heavy atom. The first-order valence-corrected chi connectivity index (χ1v) is 3.98. The molecule has 1 rings (SSSR count). The molecule has 0 saturated carbocycles. The standard InChI is InChI=1S/C10H12O2.CHO.Fe/c1-3-4-8-5-6-9(11)10(7-8)12-2;1-2;/h3,5-7,11H,1,4H2,2H3;1H;/q;-1;. The van der Waals surface area contributed by atoms with E-state index >= 15 is 0 Å². The van der Waals surface area contributed by atoms with E-state index in [1.165, 1.54) is 7.11 Å². The Hall–Kier alpha value is -1.25. The zero-order valence-electron chi connectivity index (χ0n) is 8.42. The molecule has 84 valence electrons. The molecular weight excluding hydrogens is 236 g/mol. The van der Waals surface area contributed by atoms with Crippen LogP contribution in [0.3, 0.4) is 0 Å². The van der Waals surface area contributed by atoms with Gasteiger partial charge in [-0.1, -0.05) is 12.1 Å². The van der Waals surface area contributed by atoms with Crippen molar-refractivity contribution >= 4 is 6.79 Å². The Labute approximate surface area is 100 Å². The molecule has 0 fully saturated rings. The van der Waals surface area contributed by atoms with Crippen LogP contribution < -0.4 is 4.74 Å². The molecule has 15 heavy (non-hydrogen) atoms. The molecule has 1 aromatic carbocycles. The molecule has 0 aliphatic heterocycles. The number of rotatable bonds is 3. The third kappa shape index (κ3) is 5.25. The van der Waals surface area contributed by atoms with Gasteiger partial charge in [0.25, 0.3) is 0 Å². The van der Waals surface area contributed by atoms with Gasteiger partial charge in [-0.2, -0.15) is 0 Å². The monoisotopic (exact) mass is 249 g/mol. The predicted octanol–water partition coefficient (Wildman–Crippen LogP) is 1.85. The summed E-state index contributed by atoms with van der Waals surface area (Å²) in [4.78, 5) is 7.75. The molecule has 0 amide bonds. The Kier molecular flexibility index (Phi) is 10.0. The normalized spacial score (nSPS) is 7.80. The van der Waals surface area contributed by atoms with Gasteiger partial charge in [0, 0.05) is 17.1 Å². The molecule has 3 nitrogen and oxygen atoms in total. The molecule has 0 radical (unpaired) electrons. The van der Waals surface area contributed by atoms with Crippen molar-refractivity contribution in [1.29, 1.82) is 0 Å². The molecule has 0 bridgehead atoms. The minimum atomic E-state index is 0. The maximum Gasteiger partial charge on any atom is 0.160 e. The van der Waals surface area contributed by atoms with Crippen molar-refractivity contribution in [3.63, 3.8) is 0 Å². The van der Waals surface area contributed by atoms with Gasteiger partial charge in [0.05, 0.1) is 7.11 Å². The first-order valence-electron chi connectivity index (χ1n) is 3.98. The molecule has 0 aliphatic carbocycles. The second kappa shape index (κ2) is 9.31. The van der Waals surface area contributed by atoms with E-state index < -0.39 is 0 Å². The molecular formula is C11H13FeO3-. The largest absolute Gasteiger partial charge is 0.545 e. The Morgan fingerprint density at radius 2 is 2.13 bits per heavy atom. The van der Waals surface area contributed by atoms with Crippen LogP contribution in [0.2, 0.25) is 0 Å². The van der Waals surface area contributed by atoms with Gasteiger partial charge in [-0.3, -0.25) is 6.79 Å². The zero-order chi connectivity index (χ0) is 11.0. The smallest absolute Gasteiger partial charge is 0.160 e. The number of hydrogen-bond acceptors (Lipinski definition) is 3. The van der Waals surface area contributed by atoms with Crippen LogP contribution in [0, 0.1) is 0 Å². The summed E-state index contributed by atoms with van der Waals surface area (Å²) in [5.41, 5.74) is 1.08. The minimum Gasteiger partial charge on any atom is -0.545 e. The van der Waals surface area contributed by atoms with Gasteiger partial charge in [-0.05, 0) is 24.1 Å². The maximum atomic E-state index is 9.25. The molecule has 0 unspecified atom stereocenters. The van der Waals surface area contributed by atoms with E-state index in [2.05, 4.69) is 13.4 Å². The molecule has 0 heterocycles. The molecule has 4 heteroatoms. The van der Waals surface area contributed by atoms with Crippen molar-refractivity contribution in [2.45, 2.75) is 6.42 Å². The van der Waals surface area contributed by atoms with Gasteiger partial charge in [0.15, 0.2) is 11.5 Å². The topological polar surface area (TPSA) is 46.5 Å². The predicted molar refractivity (Wildman–Crippen MR) is 55.3 cm³/mol. The van der Waals surface area contributed by atoms with Crippen molar-refractivity contribution in [2.75, 3.05) is 7.11 Å². The van der Waals surface area contributed by atoms with Gasteiger partial charge < -0.3 is 14.6 Å². The summed E-state index contributed by atoms with van der Waals surface area (Å²) in [6.45, 7) is 6.88. The number of ether oxygens (including phenoxy) is 1. The Balaban J connectivity index is 0. The summed E-state index contributed by atoms with van der Waals surface area (Å²) < 4.78 is 4.95. The van der Waals surface area contributed by atoms with E-state index in [0.29, 0.717) is 5.75 Å². The molecule has 0 atom stereocenters. The van der Waals surface area contributed by atoms with Crippen molar-refractivity contribution in [3.05, 3.63) is 36.4 Å². The maximum absolute atomic E-state index is 9.25. The number of aromatic hydroxyl groups is 1. The second-order valence-electron chi connectivity index (χ2n) is 2.50. The number of allylic oxidation sites excluding steroid dienone is 1. The van der Waals surface area contributed by atoms with Crippen LogP contribution >= 0.6 is 0 Å². The first-order chi connectivity index (χ1) is 6.77. The number of methoxy groups -OCH3 is 1. The van der Waals surface area contributed by atoms with E-state index in [4.69, 9.17) is 9.53 Å². The van der Waals surface area contributed by atoms with Gasteiger partial charge in [-0.15, -0.1) is 6.58 Å². The average Bonchev–Trinajstić information content (AvgIpc) is 2.24. The van der Waals surface area contributed by atoms with E-state index in [9.17, 15) is 5.11 Å². The molecule has 1 N–H and O–H groups in total. The molecule has 1 aromatic rings. The van der Waals surface area contributed by atoms with Crippen LogP contribution in [0.5, 0.6) is 11.5 Å². The summed E-state index contributed by atoms with van der Waals surface area (Å²) in [5.74, 6) is 0.680. The van der Waals surface area contributed by atoms with E-state index in [0.717, 1.165) is 12.0 Å². The van der Waals surface area contributed by atoms with E-state index in [-0.39, 0.29) is 22.8 Å². The summed E-state index contributed by atoms with van der Waals surface area (Å²) >= 11 is 0. The van der Waals surface area contributed by atoms with Crippen LogP contribution in [0.15, 0.2) is 30.9 Å². The van der Waals surface area contributed by atoms with Gasteiger partial charge >= 0.3 is 0 Å². The third-order valence-corrected chi connectivity index (χ3v) is 1.62. The average molecular weight is 249 g/mol. The minimum absolute atomic E-state index is 0. The number of phenols is 1. The number of carbonyl (C=O) groups excluding carboxylic acids is 1. The number of hydrogen-bond donors (Lipinski definition) is 1. The third-order valence-electron chi connectivity index (χ3n) is 1.62. The van der Waals surface area contributed by atoms with Crippen LogP contribution in [0.25, 0.3) is 0 Å². The quantitative estimate of drug-likeness (QED) is 0.385. The molecule has 0 spiro atoms.